The first-order valence-corrected chi connectivity index (χ1v) is 5.03. The van der Waals surface area contributed by atoms with E-state index in [1.165, 1.54) is 19.3 Å². The summed E-state index contributed by atoms with van der Waals surface area (Å²) in [6.07, 6.45) is 3.81. The molecule has 72 valence electrons. The van der Waals surface area contributed by atoms with Crippen LogP contribution in [-0.4, -0.2) is 18.7 Å². The van der Waals surface area contributed by atoms with Gasteiger partial charge in [0.05, 0.1) is 0 Å². The minimum atomic E-state index is 0.750. The Balaban J connectivity index is 3.05. The molecule has 0 saturated heterocycles. The maximum Gasteiger partial charge on any atom is 0.166 e. The minimum absolute atomic E-state index is 0.750. The van der Waals surface area contributed by atoms with Crippen molar-refractivity contribution in [3.63, 3.8) is 0 Å². The molecule has 0 unspecified atom stereocenters. The van der Waals surface area contributed by atoms with Crippen molar-refractivity contribution in [1.82, 2.24) is 10.6 Å². The third-order valence-corrected chi connectivity index (χ3v) is 2.07. The molecule has 0 saturated carbocycles. The average Bonchev–Trinajstić information content (AvgIpc) is 2.03. The van der Waals surface area contributed by atoms with Crippen LogP contribution in [0.15, 0.2) is 0 Å². The lowest BCUT2D eigenvalue weighted by Crippen LogP contribution is -2.32. The Morgan fingerprint density at radius 3 is 2.50 bits per heavy atom. The van der Waals surface area contributed by atoms with E-state index >= 15 is 0 Å². The van der Waals surface area contributed by atoms with Gasteiger partial charge in [0.2, 0.25) is 0 Å². The van der Waals surface area contributed by atoms with Crippen molar-refractivity contribution in [2.24, 2.45) is 5.92 Å². The summed E-state index contributed by atoms with van der Waals surface area (Å²) in [5.74, 6) is 0.821. The number of rotatable bonds is 5. The van der Waals surface area contributed by atoms with Crippen LogP contribution < -0.4 is 10.6 Å². The van der Waals surface area contributed by atoms with Crippen LogP contribution in [0.2, 0.25) is 0 Å². The number of unbranched alkanes of at least 4 members (excludes halogenated alkanes) is 1. The summed E-state index contributed by atoms with van der Waals surface area (Å²) >= 11 is 4.93. The van der Waals surface area contributed by atoms with Gasteiger partial charge in [0.15, 0.2) is 5.11 Å². The number of thiocarbonyl (C=S) groups is 1. The molecule has 0 bridgehead atoms. The lowest BCUT2D eigenvalue weighted by molar-refractivity contribution is 0.535. The Morgan fingerprint density at radius 2 is 2.00 bits per heavy atom. The molecule has 0 aliphatic rings. The van der Waals surface area contributed by atoms with E-state index in [4.69, 9.17) is 12.2 Å². The first-order valence-electron chi connectivity index (χ1n) is 4.62. The van der Waals surface area contributed by atoms with Crippen LogP contribution in [-0.2, 0) is 0 Å². The van der Waals surface area contributed by atoms with Crippen LogP contribution in [0.5, 0.6) is 0 Å². The van der Waals surface area contributed by atoms with Crippen molar-refractivity contribution >= 4 is 17.3 Å². The van der Waals surface area contributed by atoms with E-state index < -0.39 is 0 Å². The van der Waals surface area contributed by atoms with Crippen LogP contribution in [0.1, 0.15) is 33.1 Å². The molecular formula is C9H20N2S. The molecule has 0 atom stereocenters. The smallest absolute Gasteiger partial charge is 0.166 e. The molecular weight excluding hydrogens is 168 g/mol. The summed E-state index contributed by atoms with van der Waals surface area (Å²) in [4.78, 5) is 0. The molecule has 3 heteroatoms. The second kappa shape index (κ2) is 7.35. The van der Waals surface area contributed by atoms with E-state index in [2.05, 4.69) is 24.5 Å². The van der Waals surface area contributed by atoms with Crippen LogP contribution in [0.25, 0.3) is 0 Å². The summed E-state index contributed by atoms with van der Waals surface area (Å²) in [6, 6.07) is 0. The predicted octanol–water partition coefficient (Wildman–Crippen LogP) is 1.91. The van der Waals surface area contributed by atoms with Gasteiger partial charge in [0.1, 0.15) is 0 Å². The average molecular weight is 188 g/mol. The van der Waals surface area contributed by atoms with E-state index in [0.717, 1.165) is 17.6 Å². The summed E-state index contributed by atoms with van der Waals surface area (Å²) in [5.41, 5.74) is 0. The topological polar surface area (TPSA) is 24.1 Å². The highest BCUT2D eigenvalue weighted by Gasteiger charge is 1.94. The first-order chi connectivity index (χ1) is 5.66. The highest BCUT2D eigenvalue weighted by molar-refractivity contribution is 7.80. The molecule has 0 aliphatic heterocycles. The van der Waals surface area contributed by atoms with Crippen molar-refractivity contribution < 1.29 is 0 Å². The first kappa shape index (κ1) is 11.7. The summed E-state index contributed by atoms with van der Waals surface area (Å²) in [5, 5.41) is 6.76. The molecule has 0 spiro atoms. The fraction of sp³-hybridized carbons (Fsp3) is 0.889. The summed E-state index contributed by atoms with van der Waals surface area (Å²) < 4.78 is 0. The molecule has 0 rings (SSSR count). The molecule has 2 N–H and O–H groups in total. The molecule has 0 fully saturated rings. The maximum atomic E-state index is 4.93. The molecule has 0 aliphatic carbocycles. The quantitative estimate of drug-likeness (QED) is 0.509. The van der Waals surface area contributed by atoms with Crippen molar-refractivity contribution in [2.75, 3.05) is 13.6 Å². The van der Waals surface area contributed by atoms with Gasteiger partial charge in [0, 0.05) is 13.6 Å². The Morgan fingerprint density at radius 1 is 1.33 bits per heavy atom. The second-order valence-electron chi connectivity index (χ2n) is 3.40. The maximum absolute atomic E-state index is 4.93. The SMILES string of the molecule is CNC(=S)NCCCCC(C)C. The van der Waals surface area contributed by atoms with Crippen molar-refractivity contribution in [3.8, 4) is 0 Å². The lowest BCUT2D eigenvalue weighted by atomic mass is 10.1. The number of hydrogen-bond acceptors (Lipinski definition) is 1. The molecule has 0 heterocycles. The normalized spacial score (nSPS) is 10.0. The molecule has 0 aromatic carbocycles. The molecule has 0 amide bonds. The zero-order valence-corrected chi connectivity index (χ0v) is 9.13. The van der Waals surface area contributed by atoms with Crippen LogP contribution >= 0.6 is 12.2 Å². The number of nitrogens with one attached hydrogen (secondary N) is 2. The fourth-order valence-electron chi connectivity index (χ4n) is 0.968. The Labute approximate surface area is 81.1 Å². The highest BCUT2D eigenvalue weighted by atomic mass is 32.1. The summed E-state index contributed by atoms with van der Waals surface area (Å²) in [7, 11) is 1.84. The Kier molecular flexibility index (Phi) is 7.16. The molecule has 2 nitrogen and oxygen atoms in total. The van der Waals surface area contributed by atoms with Gasteiger partial charge in [0.25, 0.3) is 0 Å². The largest absolute Gasteiger partial charge is 0.366 e. The molecule has 0 aromatic heterocycles. The van der Waals surface area contributed by atoms with Gasteiger partial charge in [-0.25, -0.2) is 0 Å². The van der Waals surface area contributed by atoms with Gasteiger partial charge in [-0.15, -0.1) is 0 Å². The molecule has 0 aromatic rings. The van der Waals surface area contributed by atoms with Gasteiger partial charge in [-0.05, 0) is 24.6 Å². The zero-order valence-electron chi connectivity index (χ0n) is 8.31. The van der Waals surface area contributed by atoms with Gasteiger partial charge >= 0.3 is 0 Å². The monoisotopic (exact) mass is 188 g/mol. The zero-order chi connectivity index (χ0) is 9.40. The van der Waals surface area contributed by atoms with Gasteiger partial charge in [-0.3, -0.25) is 0 Å². The van der Waals surface area contributed by atoms with E-state index in [1.54, 1.807) is 0 Å². The van der Waals surface area contributed by atoms with E-state index in [1.807, 2.05) is 7.05 Å². The van der Waals surface area contributed by atoms with Crippen LogP contribution in [0.3, 0.4) is 0 Å². The number of hydrogen-bond donors (Lipinski definition) is 2. The third kappa shape index (κ3) is 7.79. The van der Waals surface area contributed by atoms with Crippen molar-refractivity contribution in [3.05, 3.63) is 0 Å². The van der Waals surface area contributed by atoms with E-state index in [9.17, 15) is 0 Å². The van der Waals surface area contributed by atoms with E-state index in [0.29, 0.717) is 0 Å². The molecule has 12 heavy (non-hydrogen) atoms. The van der Waals surface area contributed by atoms with Crippen molar-refractivity contribution in [1.29, 1.82) is 0 Å². The predicted molar refractivity (Wildman–Crippen MR) is 58.3 cm³/mol. The Hall–Kier alpha value is -0.310. The third-order valence-electron chi connectivity index (χ3n) is 1.72. The van der Waals surface area contributed by atoms with Gasteiger partial charge < -0.3 is 10.6 Å². The van der Waals surface area contributed by atoms with Gasteiger partial charge in [-0.1, -0.05) is 26.7 Å². The summed E-state index contributed by atoms with van der Waals surface area (Å²) in [6.45, 7) is 5.50. The lowest BCUT2D eigenvalue weighted by Gasteiger charge is -2.07. The minimum Gasteiger partial charge on any atom is -0.366 e. The fourth-order valence-corrected chi connectivity index (χ4v) is 1.07. The van der Waals surface area contributed by atoms with E-state index in [-0.39, 0.29) is 0 Å². The second-order valence-corrected chi connectivity index (χ2v) is 3.80. The van der Waals surface area contributed by atoms with Crippen molar-refractivity contribution in [2.45, 2.75) is 33.1 Å². The Bertz CT molecular complexity index is 124. The van der Waals surface area contributed by atoms with Crippen LogP contribution in [0.4, 0.5) is 0 Å². The molecule has 0 radical (unpaired) electrons. The van der Waals surface area contributed by atoms with Gasteiger partial charge in [-0.2, -0.15) is 0 Å². The standard InChI is InChI=1S/C9H20N2S/c1-8(2)6-4-5-7-11-9(12)10-3/h8H,4-7H2,1-3H3,(H2,10,11,12). The van der Waals surface area contributed by atoms with Crippen LogP contribution in [0, 0.1) is 5.92 Å². The highest BCUT2D eigenvalue weighted by Crippen LogP contribution is 2.04.